The van der Waals surface area contributed by atoms with E-state index in [1.807, 2.05) is 54.6 Å². The highest BCUT2D eigenvalue weighted by Gasteiger charge is 2.14. The minimum absolute atomic E-state index is 0.540. The van der Waals surface area contributed by atoms with Gasteiger partial charge in [-0.2, -0.15) is 4.68 Å². The van der Waals surface area contributed by atoms with E-state index in [1.165, 1.54) is 11.8 Å². The number of thioether (sulfide) groups is 1. The van der Waals surface area contributed by atoms with E-state index in [4.69, 9.17) is 14.0 Å². The molecular formula is C19H17N5O3S. The van der Waals surface area contributed by atoms with Crippen molar-refractivity contribution in [2.24, 2.45) is 0 Å². The fourth-order valence-corrected chi connectivity index (χ4v) is 3.40. The Kier molecular flexibility index (Phi) is 5.24. The Morgan fingerprint density at radius 2 is 1.86 bits per heavy atom. The number of tetrazole rings is 1. The smallest absolute Gasteiger partial charge is 0.214 e. The third-order valence-corrected chi connectivity index (χ3v) is 4.98. The summed E-state index contributed by atoms with van der Waals surface area (Å²) in [6.07, 6.45) is 0. The fraction of sp³-hybridized carbons (Fsp3) is 0.158. The Morgan fingerprint density at radius 3 is 2.64 bits per heavy atom. The lowest BCUT2D eigenvalue weighted by Crippen LogP contribution is -2.01. The number of hydrogen-bond acceptors (Lipinski definition) is 8. The van der Waals surface area contributed by atoms with Crippen LogP contribution in [0.2, 0.25) is 0 Å². The molecule has 0 saturated carbocycles. The molecule has 0 amide bonds. The molecule has 2 heterocycles. The molecule has 2 aromatic heterocycles. The van der Waals surface area contributed by atoms with E-state index in [2.05, 4.69) is 20.7 Å². The van der Waals surface area contributed by atoms with Gasteiger partial charge in [0, 0.05) is 11.6 Å². The topological polar surface area (TPSA) is 88.1 Å². The van der Waals surface area contributed by atoms with Crippen LogP contribution in [-0.2, 0) is 5.75 Å². The molecule has 28 heavy (non-hydrogen) atoms. The molecule has 0 aliphatic rings. The summed E-state index contributed by atoms with van der Waals surface area (Å²) in [4.78, 5) is 0. The van der Waals surface area contributed by atoms with Gasteiger partial charge in [0.15, 0.2) is 0 Å². The zero-order chi connectivity index (χ0) is 19.3. The molecule has 0 radical (unpaired) electrons. The predicted octanol–water partition coefficient (Wildman–Crippen LogP) is 3.63. The molecule has 0 aliphatic carbocycles. The first-order valence-corrected chi connectivity index (χ1v) is 9.41. The highest BCUT2D eigenvalue weighted by molar-refractivity contribution is 7.98. The van der Waals surface area contributed by atoms with Crippen LogP contribution in [-0.4, -0.2) is 39.6 Å². The lowest BCUT2D eigenvalue weighted by molar-refractivity contribution is 0.397. The average Bonchev–Trinajstić information content (AvgIpc) is 3.41. The number of rotatable bonds is 7. The summed E-state index contributed by atoms with van der Waals surface area (Å²) >= 11 is 1.45. The molecule has 8 nitrogen and oxygen atoms in total. The van der Waals surface area contributed by atoms with Crippen molar-refractivity contribution >= 4 is 11.8 Å². The first-order valence-electron chi connectivity index (χ1n) is 8.43. The first-order chi connectivity index (χ1) is 13.8. The van der Waals surface area contributed by atoms with Crippen LogP contribution in [0, 0.1) is 0 Å². The van der Waals surface area contributed by atoms with Crippen LogP contribution in [0.5, 0.6) is 11.5 Å². The Bertz CT molecular complexity index is 1060. The van der Waals surface area contributed by atoms with Crippen LogP contribution in [0.3, 0.4) is 0 Å². The lowest BCUT2D eigenvalue weighted by Gasteiger charge is -2.08. The van der Waals surface area contributed by atoms with E-state index < -0.39 is 0 Å². The number of methoxy groups -OCH3 is 2. The highest BCUT2D eigenvalue weighted by Crippen LogP contribution is 2.29. The van der Waals surface area contributed by atoms with E-state index in [0.717, 1.165) is 28.5 Å². The number of para-hydroxylation sites is 2. The molecule has 4 aromatic rings. The third-order valence-electron chi connectivity index (χ3n) is 4.04. The molecule has 0 aliphatic heterocycles. The van der Waals surface area contributed by atoms with Crippen molar-refractivity contribution in [1.82, 2.24) is 25.4 Å². The van der Waals surface area contributed by atoms with Gasteiger partial charge in [0.25, 0.3) is 0 Å². The van der Waals surface area contributed by atoms with E-state index in [0.29, 0.717) is 16.7 Å². The van der Waals surface area contributed by atoms with Crippen LogP contribution in [0.4, 0.5) is 0 Å². The highest BCUT2D eigenvalue weighted by atomic mass is 32.2. The zero-order valence-corrected chi connectivity index (χ0v) is 16.1. The van der Waals surface area contributed by atoms with Gasteiger partial charge in [-0.25, -0.2) is 0 Å². The van der Waals surface area contributed by atoms with Gasteiger partial charge in [-0.1, -0.05) is 29.1 Å². The van der Waals surface area contributed by atoms with Crippen molar-refractivity contribution < 1.29 is 14.0 Å². The Balaban J connectivity index is 1.49. The second-order valence-electron chi connectivity index (χ2n) is 5.74. The molecule has 2 aromatic carbocycles. The summed E-state index contributed by atoms with van der Waals surface area (Å²) in [7, 11) is 3.25. The van der Waals surface area contributed by atoms with E-state index >= 15 is 0 Å². The molecule has 142 valence electrons. The minimum Gasteiger partial charge on any atom is -0.497 e. The predicted molar refractivity (Wildman–Crippen MR) is 104 cm³/mol. The third kappa shape index (κ3) is 3.70. The zero-order valence-electron chi connectivity index (χ0n) is 15.3. The summed E-state index contributed by atoms with van der Waals surface area (Å²) in [5.74, 6) is 2.76. The summed E-state index contributed by atoms with van der Waals surface area (Å²) < 4.78 is 17.7. The van der Waals surface area contributed by atoms with Crippen LogP contribution in [0.25, 0.3) is 16.9 Å². The van der Waals surface area contributed by atoms with Gasteiger partial charge in [0.1, 0.15) is 28.6 Å². The van der Waals surface area contributed by atoms with E-state index in [-0.39, 0.29) is 0 Å². The maximum absolute atomic E-state index is 5.46. The van der Waals surface area contributed by atoms with Crippen molar-refractivity contribution in [2.75, 3.05) is 14.2 Å². The largest absolute Gasteiger partial charge is 0.497 e. The van der Waals surface area contributed by atoms with Crippen LogP contribution < -0.4 is 9.47 Å². The SMILES string of the molecule is COc1ccc(-c2cc(CSc3nnnn3-c3ccccc3OC)on2)cc1. The average molecular weight is 395 g/mol. The molecule has 0 saturated heterocycles. The van der Waals surface area contributed by atoms with Crippen LogP contribution in [0.1, 0.15) is 5.76 Å². The van der Waals surface area contributed by atoms with Crippen molar-refractivity contribution in [2.45, 2.75) is 10.9 Å². The second kappa shape index (κ2) is 8.13. The Hall–Kier alpha value is -3.33. The van der Waals surface area contributed by atoms with Gasteiger partial charge >= 0.3 is 0 Å². The summed E-state index contributed by atoms with van der Waals surface area (Å²) in [6, 6.07) is 17.1. The lowest BCUT2D eigenvalue weighted by atomic mass is 10.1. The molecule has 9 heteroatoms. The molecule has 0 fully saturated rings. The standard InChI is InChI=1S/C19H17N5O3S/c1-25-14-9-7-13(8-10-14)16-11-15(27-21-16)12-28-19-20-22-23-24(19)17-5-3-4-6-18(17)26-2/h3-11H,12H2,1-2H3. The molecular weight excluding hydrogens is 378 g/mol. The Labute approximate surface area is 165 Å². The first kappa shape index (κ1) is 18.1. The Morgan fingerprint density at radius 1 is 1.04 bits per heavy atom. The fourth-order valence-electron chi connectivity index (χ4n) is 2.64. The van der Waals surface area contributed by atoms with Gasteiger partial charge in [-0.15, -0.1) is 5.10 Å². The van der Waals surface area contributed by atoms with Crippen molar-refractivity contribution in [3.63, 3.8) is 0 Å². The number of aromatic nitrogens is 5. The number of nitrogens with zero attached hydrogens (tertiary/aromatic N) is 5. The van der Waals surface area contributed by atoms with Gasteiger partial charge in [0.05, 0.1) is 20.0 Å². The number of hydrogen-bond donors (Lipinski definition) is 0. The maximum Gasteiger partial charge on any atom is 0.214 e. The normalized spacial score (nSPS) is 10.8. The van der Waals surface area contributed by atoms with Crippen molar-refractivity contribution in [3.8, 4) is 28.4 Å². The quantitative estimate of drug-likeness (QED) is 0.438. The summed E-state index contributed by atoms with van der Waals surface area (Å²) in [5.41, 5.74) is 2.50. The number of benzene rings is 2. The molecule has 4 rings (SSSR count). The van der Waals surface area contributed by atoms with Crippen LogP contribution >= 0.6 is 11.8 Å². The van der Waals surface area contributed by atoms with Crippen molar-refractivity contribution in [1.29, 1.82) is 0 Å². The molecule has 0 atom stereocenters. The van der Waals surface area contributed by atoms with Crippen molar-refractivity contribution in [3.05, 3.63) is 60.4 Å². The van der Waals surface area contributed by atoms with Gasteiger partial charge < -0.3 is 14.0 Å². The second-order valence-corrected chi connectivity index (χ2v) is 6.68. The maximum atomic E-state index is 5.46. The molecule has 0 unspecified atom stereocenters. The number of ether oxygens (including phenoxy) is 2. The molecule has 0 spiro atoms. The monoisotopic (exact) mass is 395 g/mol. The molecule has 0 bridgehead atoms. The van der Waals surface area contributed by atoms with Gasteiger partial charge in [0.2, 0.25) is 5.16 Å². The summed E-state index contributed by atoms with van der Waals surface area (Å²) in [6.45, 7) is 0. The summed E-state index contributed by atoms with van der Waals surface area (Å²) in [5, 5.41) is 16.7. The van der Waals surface area contributed by atoms with Gasteiger partial charge in [-0.3, -0.25) is 0 Å². The van der Waals surface area contributed by atoms with Gasteiger partial charge in [-0.05, 0) is 46.8 Å². The molecule has 0 N–H and O–H groups in total. The van der Waals surface area contributed by atoms with Crippen LogP contribution in [0.15, 0.2) is 64.3 Å². The minimum atomic E-state index is 0.540. The van der Waals surface area contributed by atoms with E-state index in [9.17, 15) is 0 Å². The van der Waals surface area contributed by atoms with E-state index in [1.54, 1.807) is 18.9 Å².